The summed E-state index contributed by atoms with van der Waals surface area (Å²) >= 11 is 0. The van der Waals surface area contributed by atoms with Crippen molar-refractivity contribution in [3.63, 3.8) is 0 Å². The van der Waals surface area contributed by atoms with Crippen molar-refractivity contribution in [3.05, 3.63) is 35.4 Å². The van der Waals surface area contributed by atoms with E-state index in [2.05, 4.69) is 57.3 Å². The van der Waals surface area contributed by atoms with Gasteiger partial charge in [0.2, 0.25) is 0 Å². The fraction of sp³-hybridized carbons (Fsp3) is 0.684. The van der Waals surface area contributed by atoms with Gasteiger partial charge < -0.3 is 10.1 Å². The molecule has 1 aromatic rings. The van der Waals surface area contributed by atoms with Crippen molar-refractivity contribution < 1.29 is 4.74 Å². The van der Waals surface area contributed by atoms with Crippen molar-refractivity contribution in [2.75, 3.05) is 13.2 Å². The Balaban J connectivity index is 2.00. The lowest BCUT2D eigenvalue weighted by Gasteiger charge is -2.27. The largest absolute Gasteiger partial charge is 0.372 e. The van der Waals surface area contributed by atoms with Crippen molar-refractivity contribution in [2.45, 2.75) is 65.0 Å². The molecule has 2 nitrogen and oxygen atoms in total. The molecule has 0 heterocycles. The molecule has 1 aliphatic rings. The van der Waals surface area contributed by atoms with Crippen LogP contribution >= 0.6 is 0 Å². The highest BCUT2D eigenvalue weighted by Crippen LogP contribution is 2.28. The van der Waals surface area contributed by atoms with E-state index in [0.717, 1.165) is 19.1 Å². The Kier molecular flexibility index (Phi) is 5.83. The third kappa shape index (κ3) is 5.44. The molecule has 21 heavy (non-hydrogen) atoms. The van der Waals surface area contributed by atoms with Gasteiger partial charge in [-0.15, -0.1) is 0 Å². The molecule has 118 valence electrons. The van der Waals surface area contributed by atoms with Crippen molar-refractivity contribution >= 4 is 0 Å². The zero-order valence-corrected chi connectivity index (χ0v) is 14.1. The Morgan fingerprint density at radius 3 is 2.48 bits per heavy atom. The zero-order valence-electron chi connectivity index (χ0n) is 14.1. The molecule has 1 aromatic carbocycles. The molecule has 0 aromatic heterocycles. The van der Waals surface area contributed by atoms with Gasteiger partial charge in [-0.25, -0.2) is 0 Å². The number of benzene rings is 1. The Morgan fingerprint density at radius 1 is 1.19 bits per heavy atom. The standard InChI is InChI=1S/C19H31NO/c1-15-9-5-8-12-17(15)18(13-20-19(2,3)4)21-14-16-10-6-7-11-16/h5,8-9,12,16,18,20H,6-7,10-11,13-14H2,1-4H3. The van der Waals surface area contributed by atoms with Gasteiger partial charge in [-0.2, -0.15) is 0 Å². The Morgan fingerprint density at radius 2 is 1.86 bits per heavy atom. The summed E-state index contributed by atoms with van der Waals surface area (Å²) < 4.78 is 6.33. The van der Waals surface area contributed by atoms with E-state index in [4.69, 9.17) is 4.74 Å². The maximum Gasteiger partial charge on any atom is 0.0952 e. The van der Waals surface area contributed by atoms with Gasteiger partial charge in [-0.1, -0.05) is 37.1 Å². The average Bonchev–Trinajstić information content (AvgIpc) is 2.92. The molecule has 0 spiro atoms. The molecule has 0 radical (unpaired) electrons. The van der Waals surface area contributed by atoms with E-state index < -0.39 is 0 Å². The second-order valence-electron chi connectivity index (χ2n) is 7.46. The number of rotatable bonds is 6. The Labute approximate surface area is 130 Å². The van der Waals surface area contributed by atoms with Gasteiger partial charge >= 0.3 is 0 Å². The first kappa shape index (κ1) is 16.5. The summed E-state index contributed by atoms with van der Waals surface area (Å²) in [6.07, 6.45) is 5.60. The molecule has 2 rings (SSSR count). The minimum absolute atomic E-state index is 0.123. The quantitative estimate of drug-likeness (QED) is 0.824. The van der Waals surface area contributed by atoms with Crippen LogP contribution in [0.25, 0.3) is 0 Å². The summed E-state index contributed by atoms with van der Waals surface area (Å²) in [4.78, 5) is 0. The van der Waals surface area contributed by atoms with E-state index in [1.54, 1.807) is 0 Å². The highest BCUT2D eigenvalue weighted by molar-refractivity contribution is 5.28. The maximum atomic E-state index is 6.33. The van der Waals surface area contributed by atoms with E-state index in [0.29, 0.717) is 0 Å². The van der Waals surface area contributed by atoms with Crippen molar-refractivity contribution in [1.29, 1.82) is 0 Å². The molecule has 1 fully saturated rings. The van der Waals surface area contributed by atoms with Crippen LogP contribution < -0.4 is 5.32 Å². The van der Waals surface area contributed by atoms with Crippen LogP contribution in [0.2, 0.25) is 0 Å². The third-order valence-corrected chi connectivity index (χ3v) is 4.36. The van der Waals surface area contributed by atoms with Crippen molar-refractivity contribution in [3.8, 4) is 0 Å². The van der Waals surface area contributed by atoms with Crippen LogP contribution in [0.1, 0.15) is 63.7 Å². The molecular weight excluding hydrogens is 258 g/mol. The normalized spacial score (nSPS) is 18.1. The van der Waals surface area contributed by atoms with Crippen LogP contribution in [-0.2, 0) is 4.74 Å². The summed E-state index contributed by atoms with van der Waals surface area (Å²) in [5, 5.41) is 3.60. The number of hydrogen-bond acceptors (Lipinski definition) is 2. The SMILES string of the molecule is Cc1ccccc1C(CNC(C)(C)C)OCC1CCCC1. The number of nitrogens with one attached hydrogen (secondary N) is 1. The first-order valence-corrected chi connectivity index (χ1v) is 8.38. The summed E-state index contributed by atoms with van der Waals surface area (Å²) in [6, 6.07) is 8.60. The number of ether oxygens (including phenoxy) is 1. The zero-order chi connectivity index (χ0) is 15.3. The fourth-order valence-electron chi connectivity index (χ4n) is 3.03. The van der Waals surface area contributed by atoms with Crippen LogP contribution in [0.3, 0.4) is 0 Å². The molecule has 0 aliphatic heterocycles. The molecule has 0 amide bonds. The van der Waals surface area contributed by atoms with E-state index in [9.17, 15) is 0 Å². The van der Waals surface area contributed by atoms with E-state index in [-0.39, 0.29) is 11.6 Å². The van der Waals surface area contributed by atoms with E-state index in [1.807, 2.05) is 0 Å². The predicted molar refractivity (Wildman–Crippen MR) is 89.6 cm³/mol. The third-order valence-electron chi connectivity index (χ3n) is 4.36. The lowest BCUT2D eigenvalue weighted by Crippen LogP contribution is -2.39. The lowest BCUT2D eigenvalue weighted by molar-refractivity contribution is 0.0257. The van der Waals surface area contributed by atoms with Crippen molar-refractivity contribution in [1.82, 2.24) is 5.32 Å². The minimum atomic E-state index is 0.123. The van der Waals surface area contributed by atoms with Gasteiger partial charge in [0.1, 0.15) is 0 Å². The summed E-state index contributed by atoms with van der Waals surface area (Å²) in [5.41, 5.74) is 2.77. The smallest absolute Gasteiger partial charge is 0.0952 e. The summed E-state index contributed by atoms with van der Waals surface area (Å²) in [6.45, 7) is 10.6. The van der Waals surface area contributed by atoms with E-state index >= 15 is 0 Å². The topological polar surface area (TPSA) is 21.3 Å². The molecule has 1 aliphatic carbocycles. The summed E-state index contributed by atoms with van der Waals surface area (Å²) in [5.74, 6) is 0.770. The molecule has 0 saturated heterocycles. The highest BCUT2D eigenvalue weighted by Gasteiger charge is 2.21. The highest BCUT2D eigenvalue weighted by atomic mass is 16.5. The molecule has 1 unspecified atom stereocenters. The first-order valence-electron chi connectivity index (χ1n) is 8.38. The van der Waals surface area contributed by atoms with Gasteiger partial charge in [0.15, 0.2) is 0 Å². The van der Waals surface area contributed by atoms with Gasteiger partial charge in [-0.05, 0) is 57.6 Å². The Hall–Kier alpha value is -0.860. The molecule has 2 heteroatoms. The van der Waals surface area contributed by atoms with E-state index in [1.165, 1.54) is 36.8 Å². The monoisotopic (exact) mass is 289 g/mol. The Bertz CT molecular complexity index is 429. The average molecular weight is 289 g/mol. The second-order valence-corrected chi connectivity index (χ2v) is 7.46. The molecule has 0 bridgehead atoms. The van der Waals surface area contributed by atoms with Gasteiger partial charge in [0, 0.05) is 12.1 Å². The number of hydrogen-bond donors (Lipinski definition) is 1. The fourth-order valence-corrected chi connectivity index (χ4v) is 3.03. The minimum Gasteiger partial charge on any atom is -0.372 e. The number of aryl methyl sites for hydroxylation is 1. The second kappa shape index (κ2) is 7.42. The molecule has 1 atom stereocenters. The molecular formula is C19H31NO. The van der Waals surface area contributed by atoms with Gasteiger partial charge in [0.05, 0.1) is 12.7 Å². The first-order chi connectivity index (χ1) is 9.96. The van der Waals surface area contributed by atoms with Crippen molar-refractivity contribution in [2.24, 2.45) is 5.92 Å². The maximum absolute atomic E-state index is 6.33. The van der Waals surface area contributed by atoms with Crippen LogP contribution in [0.15, 0.2) is 24.3 Å². The molecule has 1 N–H and O–H groups in total. The van der Waals surface area contributed by atoms with Gasteiger partial charge in [0.25, 0.3) is 0 Å². The lowest BCUT2D eigenvalue weighted by atomic mass is 10.0. The summed E-state index contributed by atoms with van der Waals surface area (Å²) in [7, 11) is 0. The van der Waals surface area contributed by atoms with Crippen LogP contribution in [-0.4, -0.2) is 18.7 Å². The van der Waals surface area contributed by atoms with Gasteiger partial charge in [-0.3, -0.25) is 0 Å². The molecule has 1 saturated carbocycles. The van der Waals surface area contributed by atoms with Crippen LogP contribution in [0.5, 0.6) is 0 Å². The predicted octanol–water partition coefficient (Wildman–Crippen LogP) is 4.63. The van der Waals surface area contributed by atoms with Crippen LogP contribution in [0.4, 0.5) is 0 Å². The van der Waals surface area contributed by atoms with Crippen LogP contribution in [0, 0.1) is 12.8 Å².